The van der Waals surface area contributed by atoms with Crippen molar-refractivity contribution in [1.29, 1.82) is 0 Å². The van der Waals surface area contributed by atoms with Crippen molar-refractivity contribution in [1.82, 2.24) is 4.90 Å². The summed E-state index contributed by atoms with van der Waals surface area (Å²) in [5.41, 5.74) is 4.97. The average molecular weight is 164 g/mol. The molecule has 5 heteroatoms. The van der Waals surface area contributed by atoms with Crippen molar-refractivity contribution >= 4 is 6.41 Å². The molecule has 0 heterocycles. The predicted molar refractivity (Wildman–Crippen MR) is 41.9 cm³/mol. The molecule has 0 aromatic heterocycles. The molecule has 0 spiro atoms. The fraction of sp³-hybridized carbons (Fsp3) is 0.833. The lowest BCUT2D eigenvalue weighted by Crippen LogP contribution is -2.27. The van der Waals surface area contributed by atoms with E-state index in [2.05, 4.69) is 0 Å². The topological polar surface area (TPSA) is 86.8 Å². The van der Waals surface area contributed by atoms with E-state index in [1.54, 1.807) is 14.1 Å². The van der Waals surface area contributed by atoms with Gasteiger partial charge in [-0.15, -0.1) is 0 Å². The Kier molecular flexibility index (Phi) is 11.0. The number of hydrogen-bond donors (Lipinski definition) is 3. The van der Waals surface area contributed by atoms with Gasteiger partial charge in [-0.05, 0) is 0 Å². The summed E-state index contributed by atoms with van der Waals surface area (Å²) in [4.78, 5) is 10.9. The Hall–Kier alpha value is -0.650. The molecule has 0 atom stereocenters. The molecule has 0 aliphatic rings. The third-order valence-corrected chi connectivity index (χ3v) is 0.680. The van der Waals surface area contributed by atoms with Gasteiger partial charge in [0.05, 0.1) is 19.3 Å². The molecule has 0 bridgehead atoms. The maximum absolute atomic E-state index is 9.43. The Morgan fingerprint density at radius 3 is 1.73 bits per heavy atom. The van der Waals surface area contributed by atoms with Gasteiger partial charge in [0.25, 0.3) is 0 Å². The first-order valence-corrected chi connectivity index (χ1v) is 3.17. The Labute approximate surface area is 66.4 Å². The Bertz CT molecular complexity index is 83.9. The summed E-state index contributed by atoms with van der Waals surface area (Å²) in [7, 11) is 3.38. The van der Waals surface area contributed by atoms with E-state index in [1.165, 1.54) is 4.90 Å². The fourth-order valence-electron chi connectivity index (χ4n) is 0.0577. The minimum absolute atomic E-state index is 0.142. The highest BCUT2D eigenvalue weighted by molar-refractivity contribution is 5.45. The molecule has 5 nitrogen and oxygen atoms in total. The van der Waals surface area contributed by atoms with E-state index in [0.29, 0.717) is 0 Å². The number of nitrogens with two attached hydrogens (primary N) is 1. The molecular weight excluding hydrogens is 148 g/mol. The third kappa shape index (κ3) is 17.6. The van der Waals surface area contributed by atoms with Crippen LogP contribution in [0.1, 0.15) is 0 Å². The smallest absolute Gasteiger partial charge is 0.209 e. The number of carbonyl (C=O) groups is 1. The van der Waals surface area contributed by atoms with Gasteiger partial charge in [-0.2, -0.15) is 0 Å². The normalized spacial score (nSPS) is 8.55. The average Bonchev–Trinajstić information content (AvgIpc) is 2.04. The Morgan fingerprint density at radius 2 is 1.73 bits per heavy atom. The summed E-state index contributed by atoms with van der Waals surface area (Å²) >= 11 is 0. The zero-order chi connectivity index (χ0) is 9.28. The van der Waals surface area contributed by atoms with Crippen LogP contribution in [0.2, 0.25) is 0 Å². The predicted octanol–water partition coefficient (Wildman–Crippen LogP) is -2.00. The lowest BCUT2D eigenvalue weighted by molar-refractivity contribution is -0.115. The summed E-state index contributed by atoms with van der Waals surface area (Å²) in [6, 6.07) is -0.454. The number of rotatable bonds is 3. The van der Waals surface area contributed by atoms with Gasteiger partial charge in [0.2, 0.25) is 6.41 Å². The first-order chi connectivity index (χ1) is 5.08. The summed E-state index contributed by atoms with van der Waals surface area (Å²) < 4.78 is 0. The molecule has 0 saturated carbocycles. The zero-order valence-electron chi connectivity index (χ0n) is 6.90. The van der Waals surface area contributed by atoms with Gasteiger partial charge in [0.1, 0.15) is 0 Å². The molecule has 0 radical (unpaired) electrons. The zero-order valence-corrected chi connectivity index (χ0v) is 6.90. The second-order valence-electron chi connectivity index (χ2n) is 2.19. The van der Waals surface area contributed by atoms with Gasteiger partial charge < -0.3 is 20.8 Å². The SMILES string of the molecule is CN(C)C=O.NC(CO)CO. The first-order valence-electron chi connectivity index (χ1n) is 3.17. The number of aliphatic hydroxyl groups excluding tert-OH is 2. The number of nitrogens with zero attached hydrogens (tertiary/aromatic N) is 1. The molecule has 0 unspecified atom stereocenters. The van der Waals surface area contributed by atoms with Crippen molar-refractivity contribution in [2.45, 2.75) is 6.04 Å². The van der Waals surface area contributed by atoms with E-state index in [4.69, 9.17) is 15.9 Å². The standard InChI is InChI=1S/C3H9NO2.C3H7NO/c4-3(1-5)2-6;1-4(2)3-5/h3,5-6H,1-2,4H2;3H,1-2H3. The minimum atomic E-state index is -0.454. The summed E-state index contributed by atoms with van der Waals surface area (Å²) in [5.74, 6) is 0. The van der Waals surface area contributed by atoms with Gasteiger partial charge in [-0.1, -0.05) is 0 Å². The van der Waals surface area contributed by atoms with Crippen LogP contribution in [0.4, 0.5) is 0 Å². The van der Waals surface area contributed by atoms with E-state index in [1.807, 2.05) is 0 Å². The van der Waals surface area contributed by atoms with Crippen LogP contribution in [0.15, 0.2) is 0 Å². The van der Waals surface area contributed by atoms with Crippen molar-refractivity contribution in [3.63, 3.8) is 0 Å². The summed E-state index contributed by atoms with van der Waals surface area (Å²) in [6.45, 7) is -0.285. The van der Waals surface area contributed by atoms with Crippen LogP contribution in [-0.2, 0) is 4.79 Å². The molecule has 0 saturated heterocycles. The van der Waals surface area contributed by atoms with Gasteiger partial charge in [0, 0.05) is 14.1 Å². The summed E-state index contributed by atoms with van der Waals surface area (Å²) in [6.07, 6.45) is 0.750. The monoisotopic (exact) mass is 164 g/mol. The molecule has 0 aliphatic carbocycles. The maximum Gasteiger partial charge on any atom is 0.209 e. The maximum atomic E-state index is 9.43. The van der Waals surface area contributed by atoms with Gasteiger partial charge in [-0.3, -0.25) is 4.79 Å². The Morgan fingerprint density at radius 1 is 1.45 bits per heavy atom. The van der Waals surface area contributed by atoms with Crippen LogP contribution in [0.5, 0.6) is 0 Å². The van der Waals surface area contributed by atoms with Crippen LogP contribution in [-0.4, -0.2) is 54.9 Å². The first kappa shape index (κ1) is 13.0. The molecule has 4 N–H and O–H groups in total. The second kappa shape index (κ2) is 9.35. The highest BCUT2D eigenvalue weighted by Crippen LogP contribution is 1.66. The van der Waals surface area contributed by atoms with Crippen LogP contribution >= 0.6 is 0 Å². The van der Waals surface area contributed by atoms with Crippen LogP contribution in [0.3, 0.4) is 0 Å². The lowest BCUT2D eigenvalue weighted by atomic mass is 10.4. The number of hydrogen-bond acceptors (Lipinski definition) is 4. The van der Waals surface area contributed by atoms with E-state index in [0.717, 1.165) is 6.41 Å². The Balaban J connectivity index is 0. The number of amides is 1. The van der Waals surface area contributed by atoms with Crippen LogP contribution < -0.4 is 5.73 Å². The van der Waals surface area contributed by atoms with Gasteiger partial charge in [-0.25, -0.2) is 0 Å². The molecule has 11 heavy (non-hydrogen) atoms. The van der Waals surface area contributed by atoms with E-state index < -0.39 is 6.04 Å². The van der Waals surface area contributed by atoms with Crippen LogP contribution in [0, 0.1) is 0 Å². The molecule has 0 fully saturated rings. The van der Waals surface area contributed by atoms with E-state index >= 15 is 0 Å². The number of carbonyl (C=O) groups excluding carboxylic acids is 1. The highest BCUT2D eigenvalue weighted by Gasteiger charge is 1.91. The summed E-state index contributed by atoms with van der Waals surface area (Å²) in [5, 5.41) is 16.1. The quantitative estimate of drug-likeness (QED) is 0.421. The molecular formula is C6H16N2O3. The second-order valence-corrected chi connectivity index (χ2v) is 2.19. The van der Waals surface area contributed by atoms with E-state index in [-0.39, 0.29) is 13.2 Å². The largest absolute Gasteiger partial charge is 0.395 e. The molecule has 0 aromatic rings. The van der Waals surface area contributed by atoms with Gasteiger partial charge >= 0.3 is 0 Å². The molecule has 0 aromatic carbocycles. The minimum Gasteiger partial charge on any atom is -0.395 e. The molecule has 1 amide bonds. The lowest BCUT2D eigenvalue weighted by Gasteiger charge is -1.98. The van der Waals surface area contributed by atoms with Crippen molar-refractivity contribution in [3.8, 4) is 0 Å². The van der Waals surface area contributed by atoms with Crippen molar-refractivity contribution in [3.05, 3.63) is 0 Å². The highest BCUT2D eigenvalue weighted by atomic mass is 16.3. The van der Waals surface area contributed by atoms with E-state index in [9.17, 15) is 4.79 Å². The van der Waals surface area contributed by atoms with Crippen molar-refractivity contribution in [2.75, 3.05) is 27.3 Å². The molecule has 0 aliphatic heterocycles. The van der Waals surface area contributed by atoms with Crippen molar-refractivity contribution < 1.29 is 15.0 Å². The molecule has 0 rings (SSSR count). The van der Waals surface area contributed by atoms with Crippen LogP contribution in [0.25, 0.3) is 0 Å². The third-order valence-electron chi connectivity index (χ3n) is 0.680. The van der Waals surface area contributed by atoms with Gasteiger partial charge in [0.15, 0.2) is 0 Å². The fourth-order valence-corrected chi connectivity index (χ4v) is 0.0577. The molecule has 68 valence electrons. The number of aliphatic hydroxyl groups is 2. The van der Waals surface area contributed by atoms with Crippen molar-refractivity contribution in [2.24, 2.45) is 5.73 Å².